The first-order chi connectivity index (χ1) is 9.15. The van der Waals surface area contributed by atoms with Crippen LogP contribution < -0.4 is 11.1 Å². The highest BCUT2D eigenvalue weighted by molar-refractivity contribution is 7.80. The molecule has 1 heterocycles. The number of amides is 1. The summed E-state index contributed by atoms with van der Waals surface area (Å²) in [6.07, 6.45) is 2.14. The zero-order chi connectivity index (χ0) is 13.7. The number of anilines is 1. The van der Waals surface area contributed by atoms with E-state index in [9.17, 15) is 4.79 Å². The van der Waals surface area contributed by atoms with Crippen LogP contribution in [0.25, 0.3) is 0 Å². The molecule has 1 aromatic heterocycles. The maximum Gasteiger partial charge on any atom is 0.274 e. The van der Waals surface area contributed by atoms with Crippen LogP contribution >= 0.6 is 12.2 Å². The lowest BCUT2D eigenvalue weighted by molar-refractivity contribution is 0.102. The molecule has 0 unspecified atom stereocenters. The summed E-state index contributed by atoms with van der Waals surface area (Å²) in [5, 5.41) is 2.77. The summed E-state index contributed by atoms with van der Waals surface area (Å²) in [6.45, 7) is 0. The molecule has 0 radical (unpaired) electrons. The van der Waals surface area contributed by atoms with E-state index in [4.69, 9.17) is 18.0 Å². The quantitative estimate of drug-likeness (QED) is 0.836. The fraction of sp³-hybridized carbons (Fsp3) is 0.0714. The van der Waals surface area contributed by atoms with Gasteiger partial charge in [-0.2, -0.15) is 0 Å². The van der Waals surface area contributed by atoms with E-state index in [-0.39, 0.29) is 5.91 Å². The first-order valence-corrected chi connectivity index (χ1v) is 6.15. The van der Waals surface area contributed by atoms with Crippen LogP contribution in [0.3, 0.4) is 0 Å². The van der Waals surface area contributed by atoms with Gasteiger partial charge in [-0.05, 0) is 29.8 Å². The third-order valence-electron chi connectivity index (χ3n) is 2.49. The fourth-order valence-electron chi connectivity index (χ4n) is 1.60. The number of nitrogens with zero attached hydrogens (tertiary/aromatic N) is 1. The second-order valence-corrected chi connectivity index (χ2v) is 4.53. The standard InChI is InChI=1S/C14H13N3OS/c15-13(19)9-10-4-6-11(7-5-10)17-14(18)12-3-1-2-8-16-12/h1-8H,9H2,(H2,15,19)(H,17,18). The van der Waals surface area contributed by atoms with E-state index in [0.717, 1.165) is 5.56 Å². The molecule has 0 atom stereocenters. The zero-order valence-electron chi connectivity index (χ0n) is 10.2. The number of aromatic nitrogens is 1. The lowest BCUT2D eigenvalue weighted by Crippen LogP contribution is -2.13. The molecule has 0 saturated heterocycles. The molecule has 0 aliphatic heterocycles. The van der Waals surface area contributed by atoms with E-state index in [1.54, 1.807) is 24.4 Å². The van der Waals surface area contributed by atoms with Crippen molar-refractivity contribution in [3.05, 3.63) is 59.9 Å². The third-order valence-corrected chi connectivity index (χ3v) is 2.63. The minimum absolute atomic E-state index is 0.234. The van der Waals surface area contributed by atoms with Crippen LogP contribution in [0.4, 0.5) is 5.69 Å². The maximum atomic E-state index is 11.9. The Morgan fingerprint density at radius 2 is 1.95 bits per heavy atom. The number of hydrogen-bond donors (Lipinski definition) is 2. The number of nitrogens with one attached hydrogen (secondary N) is 1. The van der Waals surface area contributed by atoms with Crippen molar-refractivity contribution in [3.63, 3.8) is 0 Å². The van der Waals surface area contributed by atoms with Crippen molar-refractivity contribution in [2.75, 3.05) is 5.32 Å². The Labute approximate surface area is 116 Å². The smallest absolute Gasteiger partial charge is 0.274 e. The highest BCUT2D eigenvalue weighted by Crippen LogP contribution is 2.11. The van der Waals surface area contributed by atoms with E-state index in [2.05, 4.69) is 10.3 Å². The number of hydrogen-bond acceptors (Lipinski definition) is 3. The molecular formula is C14H13N3OS. The van der Waals surface area contributed by atoms with Crippen LogP contribution in [0.2, 0.25) is 0 Å². The highest BCUT2D eigenvalue weighted by Gasteiger charge is 2.06. The molecule has 2 rings (SSSR count). The molecule has 96 valence electrons. The topological polar surface area (TPSA) is 68.0 Å². The molecule has 0 fully saturated rings. The molecule has 0 bridgehead atoms. The van der Waals surface area contributed by atoms with Crippen molar-refractivity contribution in [2.45, 2.75) is 6.42 Å². The van der Waals surface area contributed by atoms with Gasteiger partial charge in [-0.1, -0.05) is 30.4 Å². The molecule has 4 nitrogen and oxygen atoms in total. The van der Waals surface area contributed by atoms with Crippen molar-refractivity contribution in [1.82, 2.24) is 4.98 Å². The van der Waals surface area contributed by atoms with Gasteiger partial charge in [0.2, 0.25) is 0 Å². The van der Waals surface area contributed by atoms with Gasteiger partial charge in [-0.3, -0.25) is 9.78 Å². The van der Waals surface area contributed by atoms with E-state index < -0.39 is 0 Å². The van der Waals surface area contributed by atoms with Crippen LogP contribution in [0.5, 0.6) is 0 Å². The predicted octanol–water partition coefficient (Wildman–Crippen LogP) is 2.16. The Morgan fingerprint density at radius 3 is 2.53 bits per heavy atom. The number of benzene rings is 1. The van der Waals surface area contributed by atoms with E-state index in [1.165, 1.54) is 0 Å². The third kappa shape index (κ3) is 3.86. The number of rotatable bonds is 4. The number of pyridine rings is 1. The van der Waals surface area contributed by atoms with E-state index in [0.29, 0.717) is 22.8 Å². The Morgan fingerprint density at radius 1 is 1.21 bits per heavy atom. The Bertz CT molecular complexity index is 581. The maximum absolute atomic E-state index is 11.9. The Balaban J connectivity index is 2.04. The lowest BCUT2D eigenvalue weighted by atomic mass is 10.1. The molecule has 1 amide bonds. The molecule has 0 aliphatic rings. The van der Waals surface area contributed by atoms with Gasteiger partial charge in [-0.15, -0.1) is 0 Å². The highest BCUT2D eigenvalue weighted by atomic mass is 32.1. The fourth-order valence-corrected chi connectivity index (χ4v) is 1.77. The van der Waals surface area contributed by atoms with Gasteiger partial charge in [0.15, 0.2) is 0 Å². The van der Waals surface area contributed by atoms with Gasteiger partial charge in [0.05, 0.1) is 4.99 Å². The molecule has 5 heteroatoms. The van der Waals surface area contributed by atoms with Crippen LogP contribution in [-0.4, -0.2) is 15.9 Å². The largest absolute Gasteiger partial charge is 0.393 e. The summed E-state index contributed by atoms with van der Waals surface area (Å²) in [4.78, 5) is 16.3. The van der Waals surface area contributed by atoms with E-state index >= 15 is 0 Å². The number of carbonyl (C=O) groups excluding carboxylic acids is 1. The average Bonchev–Trinajstić information content (AvgIpc) is 2.41. The summed E-state index contributed by atoms with van der Waals surface area (Å²) in [5.74, 6) is -0.234. The molecule has 19 heavy (non-hydrogen) atoms. The van der Waals surface area contributed by atoms with Crippen molar-refractivity contribution in [3.8, 4) is 0 Å². The summed E-state index contributed by atoms with van der Waals surface area (Å²) in [7, 11) is 0. The van der Waals surface area contributed by atoms with Crippen LogP contribution in [0.1, 0.15) is 16.1 Å². The van der Waals surface area contributed by atoms with Crippen molar-refractivity contribution < 1.29 is 4.79 Å². The van der Waals surface area contributed by atoms with Crippen molar-refractivity contribution in [2.24, 2.45) is 5.73 Å². The predicted molar refractivity (Wildman–Crippen MR) is 79.1 cm³/mol. The van der Waals surface area contributed by atoms with Crippen LogP contribution in [0.15, 0.2) is 48.7 Å². The lowest BCUT2D eigenvalue weighted by Gasteiger charge is -2.05. The van der Waals surface area contributed by atoms with Gasteiger partial charge in [0, 0.05) is 18.3 Å². The summed E-state index contributed by atoms with van der Waals surface area (Å²) >= 11 is 4.84. The van der Waals surface area contributed by atoms with Gasteiger partial charge in [0.25, 0.3) is 5.91 Å². The number of thiocarbonyl (C=S) groups is 1. The SMILES string of the molecule is NC(=S)Cc1ccc(NC(=O)c2ccccn2)cc1. The van der Waals surface area contributed by atoms with Crippen molar-refractivity contribution >= 4 is 28.8 Å². The monoisotopic (exact) mass is 271 g/mol. The average molecular weight is 271 g/mol. The minimum atomic E-state index is -0.234. The Hall–Kier alpha value is -2.27. The molecule has 0 spiro atoms. The molecular weight excluding hydrogens is 258 g/mol. The minimum Gasteiger partial charge on any atom is -0.393 e. The van der Waals surface area contributed by atoms with Gasteiger partial charge < -0.3 is 11.1 Å². The second kappa shape index (κ2) is 6.06. The summed E-state index contributed by atoms with van der Waals surface area (Å²) in [6, 6.07) is 12.6. The first kappa shape index (κ1) is 13.2. The molecule has 0 aliphatic carbocycles. The normalized spacial score (nSPS) is 9.89. The van der Waals surface area contributed by atoms with Gasteiger partial charge in [-0.25, -0.2) is 0 Å². The number of nitrogens with two attached hydrogens (primary N) is 1. The van der Waals surface area contributed by atoms with Gasteiger partial charge >= 0.3 is 0 Å². The molecule has 3 N–H and O–H groups in total. The Kier molecular flexibility index (Phi) is 4.20. The van der Waals surface area contributed by atoms with Crippen molar-refractivity contribution in [1.29, 1.82) is 0 Å². The molecule has 2 aromatic rings. The molecule has 0 saturated carbocycles. The zero-order valence-corrected chi connectivity index (χ0v) is 11.0. The van der Waals surface area contributed by atoms with Gasteiger partial charge in [0.1, 0.15) is 5.69 Å². The molecule has 1 aromatic carbocycles. The summed E-state index contributed by atoms with van der Waals surface area (Å²) < 4.78 is 0. The first-order valence-electron chi connectivity index (χ1n) is 5.75. The van der Waals surface area contributed by atoms with Crippen LogP contribution in [-0.2, 0) is 6.42 Å². The summed E-state index contributed by atoms with van der Waals surface area (Å²) in [5.41, 5.74) is 7.58. The van der Waals surface area contributed by atoms with Crippen LogP contribution in [0, 0.1) is 0 Å². The number of carbonyl (C=O) groups is 1. The second-order valence-electron chi connectivity index (χ2n) is 4.01. The van der Waals surface area contributed by atoms with E-state index in [1.807, 2.05) is 24.3 Å².